The van der Waals surface area contributed by atoms with E-state index >= 15 is 0 Å². The van der Waals surface area contributed by atoms with Crippen LogP contribution in [0.1, 0.15) is 16.1 Å². The number of nitrogens with zero attached hydrogens (tertiary/aromatic N) is 1. The predicted octanol–water partition coefficient (Wildman–Crippen LogP) is 1.06. The predicted molar refractivity (Wildman–Crippen MR) is 60.6 cm³/mol. The van der Waals surface area contributed by atoms with Crippen LogP contribution in [0.25, 0.3) is 0 Å². The first kappa shape index (κ1) is 11.1. The summed E-state index contributed by atoms with van der Waals surface area (Å²) in [6.07, 6.45) is 3.10. The minimum Gasteiger partial charge on any atom is -0.396 e. The van der Waals surface area contributed by atoms with Crippen molar-refractivity contribution in [1.82, 2.24) is 15.3 Å². The second-order valence-corrected chi connectivity index (χ2v) is 3.46. The zero-order chi connectivity index (χ0) is 12.3. The molecule has 0 radical (unpaired) electrons. The number of amides is 1. The summed E-state index contributed by atoms with van der Waals surface area (Å²) >= 11 is 0. The Kier molecular flexibility index (Phi) is 3.04. The third-order valence-electron chi connectivity index (χ3n) is 2.29. The molecule has 0 spiro atoms. The first-order chi connectivity index (χ1) is 8.18. The first-order valence-corrected chi connectivity index (χ1v) is 4.98. The molecule has 2 rings (SSSR count). The molecule has 0 unspecified atom stereocenters. The largest absolute Gasteiger partial charge is 0.396 e. The molecule has 0 atom stereocenters. The quantitative estimate of drug-likeness (QED) is 0.694. The van der Waals surface area contributed by atoms with Gasteiger partial charge in [0, 0.05) is 6.20 Å². The molecule has 1 aromatic heterocycles. The van der Waals surface area contributed by atoms with E-state index in [1.54, 1.807) is 6.20 Å². The number of nitrogens with two attached hydrogens (primary N) is 1. The Morgan fingerprint density at radius 1 is 1.53 bits per heavy atom. The van der Waals surface area contributed by atoms with Gasteiger partial charge < -0.3 is 16.0 Å². The number of hydrogen-bond donors (Lipinski definition) is 3. The Hall–Kier alpha value is -2.37. The molecule has 4 N–H and O–H groups in total. The Labute approximate surface area is 96.9 Å². The van der Waals surface area contributed by atoms with Crippen LogP contribution >= 0.6 is 0 Å². The third kappa shape index (κ3) is 2.41. The number of carbonyl (C=O) groups is 1. The fraction of sp³-hybridized carbons (Fsp3) is 0.0909. The van der Waals surface area contributed by atoms with Gasteiger partial charge in [-0.15, -0.1) is 0 Å². The van der Waals surface area contributed by atoms with Crippen molar-refractivity contribution in [3.05, 3.63) is 47.8 Å². The molecule has 5 nitrogen and oxygen atoms in total. The average molecular weight is 234 g/mol. The monoisotopic (exact) mass is 234 g/mol. The van der Waals surface area contributed by atoms with Gasteiger partial charge in [-0.25, -0.2) is 9.37 Å². The van der Waals surface area contributed by atoms with E-state index in [1.165, 1.54) is 24.5 Å². The van der Waals surface area contributed by atoms with E-state index in [2.05, 4.69) is 15.3 Å². The highest BCUT2D eigenvalue weighted by molar-refractivity contribution is 5.99. The van der Waals surface area contributed by atoms with Crippen molar-refractivity contribution >= 4 is 11.6 Å². The van der Waals surface area contributed by atoms with E-state index in [0.29, 0.717) is 0 Å². The summed E-state index contributed by atoms with van der Waals surface area (Å²) in [6.45, 7) is 0.286. The van der Waals surface area contributed by atoms with Gasteiger partial charge in [0.2, 0.25) is 0 Å². The second kappa shape index (κ2) is 4.65. The van der Waals surface area contributed by atoms with Gasteiger partial charge in [0.05, 0.1) is 29.8 Å². The smallest absolute Gasteiger partial charge is 0.253 e. The van der Waals surface area contributed by atoms with Crippen molar-refractivity contribution in [2.24, 2.45) is 0 Å². The highest BCUT2D eigenvalue weighted by Crippen LogP contribution is 2.15. The molecule has 2 aromatic rings. The summed E-state index contributed by atoms with van der Waals surface area (Å²) in [6, 6.07) is 4.12. The molecule has 1 heterocycles. The van der Waals surface area contributed by atoms with Gasteiger partial charge >= 0.3 is 0 Å². The number of rotatable bonds is 3. The molecule has 0 bridgehead atoms. The van der Waals surface area contributed by atoms with Crippen LogP contribution in [0.5, 0.6) is 0 Å². The molecule has 88 valence electrons. The Morgan fingerprint density at radius 2 is 2.35 bits per heavy atom. The number of H-pyrrole nitrogens is 1. The number of aromatic amines is 1. The summed E-state index contributed by atoms with van der Waals surface area (Å²) in [4.78, 5) is 18.4. The van der Waals surface area contributed by atoms with Gasteiger partial charge in [0.1, 0.15) is 5.82 Å². The standard InChI is InChI=1S/C11H11FN4O/c12-9-3-1-2-8(10(9)13)11(17)15-5-7-4-14-6-16-7/h1-4,6H,5,13H2,(H,14,16)(H,15,17). The molecule has 0 saturated carbocycles. The maximum Gasteiger partial charge on any atom is 0.253 e. The minimum absolute atomic E-state index is 0.129. The number of carbonyl (C=O) groups excluding carboxylic acids is 1. The summed E-state index contributed by atoms with van der Waals surface area (Å²) < 4.78 is 13.1. The highest BCUT2D eigenvalue weighted by atomic mass is 19.1. The number of nitrogens with one attached hydrogen (secondary N) is 2. The van der Waals surface area contributed by atoms with Gasteiger partial charge in [-0.1, -0.05) is 6.07 Å². The van der Waals surface area contributed by atoms with Crippen LogP contribution in [-0.4, -0.2) is 15.9 Å². The maximum absolute atomic E-state index is 13.1. The third-order valence-corrected chi connectivity index (χ3v) is 2.29. The molecular weight excluding hydrogens is 223 g/mol. The van der Waals surface area contributed by atoms with E-state index in [-0.39, 0.29) is 17.8 Å². The van der Waals surface area contributed by atoms with E-state index < -0.39 is 11.7 Å². The number of para-hydroxylation sites is 1. The van der Waals surface area contributed by atoms with Crippen LogP contribution in [0, 0.1) is 5.82 Å². The molecule has 0 aliphatic heterocycles. The first-order valence-electron chi connectivity index (χ1n) is 4.98. The van der Waals surface area contributed by atoms with Gasteiger partial charge in [0.15, 0.2) is 0 Å². The van der Waals surface area contributed by atoms with Crippen molar-refractivity contribution in [3.63, 3.8) is 0 Å². The number of anilines is 1. The molecule has 1 amide bonds. The number of benzene rings is 1. The van der Waals surface area contributed by atoms with Crippen LogP contribution in [0.15, 0.2) is 30.7 Å². The normalized spacial score (nSPS) is 10.2. The Bertz CT molecular complexity index is 524. The van der Waals surface area contributed by atoms with Crippen molar-refractivity contribution in [1.29, 1.82) is 0 Å². The Morgan fingerprint density at radius 3 is 3.06 bits per heavy atom. The fourth-order valence-electron chi connectivity index (χ4n) is 1.39. The minimum atomic E-state index is -0.598. The second-order valence-electron chi connectivity index (χ2n) is 3.46. The molecule has 6 heteroatoms. The lowest BCUT2D eigenvalue weighted by molar-refractivity contribution is 0.0951. The molecule has 0 aliphatic carbocycles. The lowest BCUT2D eigenvalue weighted by Gasteiger charge is -2.06. The number of aromatic nitrogens is 2. The van der Waals surface area contributed by atoms with E-state index in [4.69, 9.17) is 5.73 Å². The zero-order valence-corrected chi connectivity index (χ0v) is 8.90. The number of imidazole rings is 1. The van der Waals surface area contributed by atoms with Crippen molar-refractivity contribution < 1.29 is 9.18 Å². The molecular formula is C11H11FN4O. The molecule has 0 aliphatic rings. The number of nitrogen functional groups attached to an aromatic ring is 1. The van der Waals surface area contributed by atoms with Crippen LogP contribution in [0.2, 0.25) is 0 Å². The van der Waals surface area contributed by atoms with E-state index in [0.717, 1.165) is 5.69 Å². The lowest BCUT2D eigenvalue weighted by Crippen LogP contribution is -2.24. The van der Waals surface area contributed by atoms with Crippen molar-refractivity contribution in [3.8, 4) is 0 Å². The summed E-state index contributed by atoms with van der Waals surface area (Å²) in [5.74, 6) is -1.02. The average Bonchev–Trinajstić information content (AvgIpc) is 2.82. The highest BCUT2D eigenvalue weighted by Gasteiger charge is 2.12. The van der Waals surface area contributed by atoms with Crippen LogP contribution in [0.3, 0.4) is 0 Å². The van der Waals surface area contributed by atoms with Gasteiger partial charge in [-0.2, -0.15) is 0 Å². The number of hydrogen-bond acceptors (Lipinski definition) is 3. The molecule has 0 fully saturated rings. The van der Waals surface area contributed by atoms with Crippen LogP contribution in [0.4, 0.5) is 10.1 Å². The van der Waals surface area contributed by atoms with E-state index in [9.17, 15) is 9.18 Å². The molecule has 1 aromatic carbocycles. The number of halogens is 1. The van der Waals surface area contributed by atoms with Gasteiger partial charge in [0.25, 0.3) is 5.91 Å². The van der Waals surface area contributed by atoms with Crippen LogP contribution in [-0.2, 0) is 6.54 Å². The fourth-order valence-corrected chi connectivity index (χ4v) is 1.39. The summed E-state index contributed by atoms with van der Waals surface area (Å²) in [5.41, 5.74) is 6.22. The van der Waals surface area contributed by atoms with Crippen molar-refractivity contribution in [2.75, 3.05) is 5.73 Å². The topological polar surface area (TPSA) is 83.8 Å². The Balaban J connectivity index is 2.07. The van der Waals surface area contributed by atoms with Gasteiger partial charge in [-0.3, -0.25) is 4.79 Å². The molecule has 0 saturated heterocycles. The molecule has 17 heavy (non-hydrogen) atoms. The maximum atomic E-state index is 13.1. The van der Waals surface area contributed by atoms with Gasteiger partial charge in [-0.05, 0) is 12.1 Å². The lowest BCUT2D eigenvalue weighted by atomic mass is 10.1. The van der Waals surface area contributed by atoms with E-state index in [1.807, 2.05) is 0 Å². The summed E-state index contributed by atoms with van der Waals surface area (Å²) in [5, 5.41) is 2.61. The zero-order valence-electron chi connectivity index (χ0n) is 8.90. The SMILES string of the molecule is Nc1c(F)cccc1C(=O)NCc1cnc[nH]1. The summed E-state index contributed by atoms with van der Waals surface area (Å²) in [7, 11) is 0. The van der Waals surface area contributed by atoms with Crippen molar-refractivity contribution in [2.45, 2.75) is 6.54 Å². The van der Waals surface area contributed by atoms with Crippen LogP contribution < -0.4 is 11.1 Å².